The number of hydrazine groups is 1. The van der Waals surface area contributed by atoms with Crippen molar-refractivity contribution in [1.82, 2.24) is 5.43 Å². The van der Waals surface area contributed by atoms with Gasteiger partial charge in [0.25, 0.3) is 0 Å². The summed E-state index contributed by atoms with van der Waals surface area (Å²) in [5.74, 6) is 13.1. The van der Waals surface area contributed by atoms with Crippen LogP contribution >= 0.6 is 0 Å². The van der Waals surface area contributed by atoms with Gasteiger partial charge in [0, 0.05) is 12.5 Å². The summed E-state index contributed by atoms with van der Waals surface area (Å²) in [6.07, 6.45) is 4.90. The minimum Gasteiger partial charge on any atom is -0.271 e. The van der Waals surface area contributed by atoms with E-state index in [-0.39, 0.29) is 0 Å². The average molecular weight is 180 g/mol. The van der Waals surface area contributed by atoms with Crippen LogP contribution in [0, 0.1) is 23.7 Å². The molecular weight excluding hydrogens is 160 g/mol. The quantitative estimate of drug-likeness (QED) is 0.394. The van der Waals surface area contributed by atoms with Crippen molar-refractivity contribution < 1.29 is 0 Å². The Kier molecular flexibility index (Phi) is 4.27. The molecule has 1 rings (SSSR count). The molecule has 0 saturated heterocycles. The van der Waals surface area contributed by atoms with Gasteiger partial charge in [-0.05, 0) is 25.2 Å². The van der Waals surface area contributed by atoms with Crippen LogP contribution in [0.25, 0.3) is 0 Å². The van der Waals surface area contributed by atoms with E-state index in [9.17, 15) is 0 Å². The summed E-state index contributed by atoms with van der Waals surface area (Å²) in [6.45, 7) is 4.20. The molecule has 0 heterocycles. The van der Waals surface area contributed by atoms with E-state index >= 15 is 0 Å². The molecule has 1 aliphatic rings. The average Bonchev–Trinajstić information content (AvgIpc) is 2.54. The van der Waals surface area contributed by atoms with Crippen molar-refractivity contribution in [1.29, 1.82) is 0 Å². The Hall–Kier alpha value is -0.520. The van der Waals surface area contributed by atoms with Gasteiger partial charge in [-0.1, -0.05) is 19.8 Å². The summed E-state index contributed by atoms with van der Waals surface area (Å²) >= 11 is 0. The van der Waals surface area contributed by atoms with E-state index in [1.807, 2.05) is 6.92 Å². The van der Waals surface area contributed by atoms with Gasteiger partial charge in [-0.25, -0.2) is 0 Å². The van der Waals surface area contributed by atoms with Crippen LogP contribution in [0.2, 0.25) is 0 Å². The van der Waals surface area contributed by atoms with Crippen molar-refractivity contribution >= 4 is 0 Å². The molecule has 2 heteroatoms. The molecule has 0 aliphatic heterocycles. The van der Waals surface area contributed by atoms with Gasteiger partial charge in [-0.3, -0.25) is 11.3 Å². The fraction of sp³-hybridized carbons (Fsp3) is 0.818. The van der Waals surface area contributed by atoms with Crippen molar-refractivity contribution in [3.8, 4) is 11.8 Å². The molecule has 0 spiro atoms. The van der Waals surface area contributed by atoms with Crippen LogP contribution in [-0.4, -0.2) is 6.04 Å². The Bertz CT molecular complexity index is 202. The highest BCUT2D eigenvalue weighted by Gasteiger charge is 2.29. The molecule has 0 aromatic heterocycles. The molecule has 13 heavy (non-hydrogen) atoms. The first-order chi connectivity index (χ1) is 6.29. The van der Waals surface area contributed by atoms with E-state index < -0.39 is 0 Å². The van der Waals surface area contributed by atoms with E-state index in [1.165, 1.54) is 19.3 Å². The fourth-order valence-electron chi connectivity index (χ4n) is 2.32. The molecular formula is C11H20N2. The van der Waals surface area contributed by atoms with Crippen LogP contribution in [0.4, 0.5) is 0 Å². The van der Waals surface area contributed by atoms with E-state index in [4.69, 9.17) is 5.84 Å². The predicted molar refractivity (Wildman–Crippen MR) is 55.7 cm³/mol. The van der Waals surface area contributed by atoms with Gasteiger partial charge in [0.1, 0.15) is 0 Å². The molecule has 1 saturated carbocycles. The second-order valence-corrected chi connectivity index (χ2v) is 3.98. The van der Waals surface area contributed by atoms with E-state index in [0.29, 0.717) is 6.04 Å². The molecule has 1 fully saturated rings. The monoisotopic (exact) mass is 180 g/mol. The maximum atomic E-state index is 5.54. The second kappa shape index (κ2) is 5.26. The number of nitrogens with two attached hydrogens (primary N) is 1. The Labute approximate surface area is 81.2 Å². The summed E-state index contributed by atoms with van der Waals surface area (Å²) in [5, 5.41) is 0. The summed E-state index contributed by atoms with van der Waals surface area (Å²) in [6, 6.07) is 0.393. The highest BCUT2D eigenvalue weighted by molar-refractivity contribution is 5.00. The van der Waals surface area contributed by atoms with Gasteiger partial charge in [-0.15, -0.1) is 11.8 Å². The van der Waals surface area contributed by atoms with E-state index in [1.54, 1.807) is 0 Å². The zero-order chi connectivity index (χ0) is 9.68. The van der Waals surface area contributed by atoms with Gasteiger partial charge < -0.3 is 0 Å². The number of nitrogens with one attached hydrogen (secondary N) is 1. The Morgan fingerprint density at radius 2 is 2.31 bits per heavy atom. The molecule has 0 bridgehead atoms. The van der Waals surface area contributed by atoms with Crippen LogP contribution in [0.15, 0.2) is 0 Å². The maximum absolute atomic E-state index is 5.54. The third-order valence-electron chi connectivity index (χ3n) is 3.16. The molecule has 3 N–H and O–H groups in total. The lowest BCUT2D eigenvalue weighted by atomic mass is 9.89. The van der Waals surface area contributed by atoms with E-state index in [0.717, 1.165) is 18.3 Å². The predicted octanol–water partition coefficient (Wildman–Crippen LogP) is 1.67. The molecule has 3 unspecified atom stereocenters. The van der Waals surface area contributed by atoms with Crippen LogP contribution in [0.5, 0.6) is 0 Å². The first kappa shape index (κ1) is 10.6. The molecule has 0 radical (unpaired) electrons. The summed E-state index contributed by atoms with van der Waals surface area (Å²) in [7, 11) is 0. The van der Waals surface area contributed by atoms with Crippen LogP contribution in [0.3, 0.4) is 0 Å². The first-order valence-electron chi connectivity index (χ1n) is 5.15. The summed E-state index contributed by atoms with van der Waals surface area (Å²) in [4.78, 5) is 0. The Balaban J connectivity index is 2.47. The molecule has 0 amide bonds. The van der Waals surface area contributed by atoms with Crippen LogP contribution < -0.4 is 11.3 Å². The fourth-order valence-corrected chi connectivity index (χ4v) is 2.32. The van der Waals surface area contributed by atoms with E-state index in [2.05, 4.69) is 24.2 Å². The molecule has 3 atom stereocenters. The highest BCUT2D eigenvalue weighted by atomic mass is 15.2. The minimum atomic E-state index is 0.393. The van der Waals surface area contributed by atoms with Crippen LogP contribution in [-0.2, 0) is 0 Å². The molecule has 74 valence electrons. The Morgan fingerprint density at radius 1 is 1.54 bits per heavy atom. The number of hydrogen-bond acceptors (Lipinski definition) is 2. The van der Waals surface area contributed by atoms with Crippen molar-refractivity contribution in [2.24, 2.45) is 17.7 Å². The summed E-state index contributed by atoms with van der Waals surface area (Å²) < 4.78 is 0. The van der Waals surface area contributed by atoms with Crippen molar-refractivity contribution in [2.75, 3.05) is 0 Å². The van der Waals surface area contributed by atoms with Gasteiger partial charge in [0.05, 0.1) is 0 Å². The zero-order valence-corrected chi connectivity index (χ0v) is 8.64. The highest BCUT2D eigenvalue weighted by Crippen LogP contribution is 2.34. The van der Waals surface area contributed by atoms with Crippen molar-refractivity contribution in [3.63, 3.8) is 0 Å². The van der Waals surface area contributed by atoms with Gasteiger partial charge in [0.2, 0.25) is 0 Å². The minimum absolute atomic E-state index is 0.393. The molecule has 2 nitrogen and oxygen atoms in total. The Morgan fingerprint density at radius 3 is 2.77 bits per heavy atom. The van der Waals surface area contributed by atoms with Crippen molar-refractivity contribution in [2.45, 2.75) is 45.6 Å². The molecule has 1 aliphatic carbocycles. The topological polar surface area (TPSA) is 38.0 Å². The second-order valence-electron chi connectivity index (χ2n) is 3.98. The number of rotatable bonds is 3. The lowest BCUT2D eigenvalue weighted by Crippen LogP contribution is -2.41. The summed E-state index contributed by atoms with van der Waals surface area (Å²) in [5.41, 5.74) is 2.91. The molecule has 0 aromatic carbocycles. The third kappa shape index (κ3) is 2.72. The van der Waals surface area contributed by atoms with Gasteiger partial charge in [-0.2, -0.15) is 0 Å². The van der Waals surface area contributed by atoms with Gasteiger partial charge in [0.15, 0.2) is 0 Å². The smallest absolute Gasteiger partial charge is 0.0350 e. The lowest BCUT2D eigenvalue weighted by Gasteiger charge is -2.24. The zero-order valence-electron chi connectivity index (χ0n) is 8.64. The normalized spacial score (nSPS) is 29.5. The van der Waals surface area contributed by atoms with Gasteiger partial charge >= 0.3 is 0 Å². The number of hydrogen-bond donors (Lipinski definition) is 2. The van der Waals surface area contributed by atoms with Crippen LogP contribution in [0.1, 0.15) is 39.5 Å². The third-order valence-corrected chi connectivity index (χ3v) is 3.16. The SMILES string of the molecule is CC#CCC(NN)C1CCCC1C. The lowest BCUT2D eigenvalue weighted by molar-refractivity contribution is 0.303. The maximum Gasteiger partial charge on any atom is 0.0350 e. The standard InChI is InChI=1S/C11H20N2/c1-3-4-8-11(13-12)10-7-5-6-9(10)2/h9-11,13H,5-8,12H2,1-2H3. The molecule has 0 aromatic rings. The first-order valence-corrected chi connectivity index (χ1v) is 5.15. The van der Waals surface area contributed by atoms with Crippen molar-refractivity contribution in [3.05, 3.63) is 0 Å². The largest absolute Gasteiger partial charge is 0.271 e.